The van der Waals surface area contributed by atoms with E-state index in [2.05, 4.69) is 20.4 Å². The van der Waals surface area contributed by atoms with Gasteiger partial charge in [-0.15, -0.1) is 0 Å². The van der Waals surface area contributed by atoms with Crippen molar-refractivity contribution in [2.24, 2.45) is 0 Å². The SMILES string of the molecule is N#CNc1ncnc2c1cnn2[C@@H]1O[C@H]([C@H](O)c2ccc(Cl)cc2)[C@@H](O)[C@H]1O. The summed E-state index contributed by atoms with van der Waals surface area (Å²) in [5.41, 5.74) is 0.778. The Bertz CT molecular complexity index is 1040. The minimum absolute atomic E-state index is 0.254. The molecule has 1 fully saturated rings. The van der Waals surface area contributed by atoms with Crippen LogP contribution in [0.4, 0.5) is 5.82 Å². The maximum absolute atomic E-state index is 10.6. The van der Waals surface area contributed by atoms with E-state index in [1.165, 1.54) is 17.2 Å². The number of nitrogens with one attached hydrogen (secondary N) is 1. The molecule has 1 aromatic carbocycles. The number of aliphatic hydroxyl groups excluding tert-OH is 3. The van der Waals surface area contributed by atoms with Gasteiger partial charge in [0.2, 0.25) is 0 Å². The highest BCUT2D eigenvalue weighted by atomic mass is 35.5. The van der Waals surface area contributed by atoms with E-state index in [1.54, 1.807) is 30.5 Å². The van der Waals surface area contributed by atoms with Gasteiger partial charge in [0.1, 0.15) is 30.7 Å². The summed E-state index contributed by atoms with van der Waals surface area (Å²) < 4.78 is 7.04. The molecule has 0 amide bonds. The van der Waals surface area contributed by atoms with Crippen molar-refractivity contribution < 1.29 is 20.1 Å². The van der Waals surface area contributed by atoms with Gasteiger partial charge in [0.05, 0.1) is 11.6 Å². The molecule has 144 valence electrons. The van der Waals surface area contributed by atoms with Gasteiger partial charge >= 0.3 is 0 Å². The van der Waals surface area contributed by atoms with Crippen molar-refractivity contribution in [1.29, 1.82) is 5.26 Å². The fourth-order valence-electron chi connectivity index (χ4n) is 3.20. The molecular weight excluding hydrogens is 388 g/mol. The van der Waals surface area contributed by atoms with Crippen molar-refractivity contribution in [3.8, 4) is 6.19 Å². The van der Waals surface area contributed by atoms with Crippen molar-refractivity contribution in [3.63, 3.8) is 0 Å². The summed E-state index contributed by atoms with van der Waals surface area (Å²) in [6, 6.07) is 6.44. The third kappa shape index (κ3) is 3.05. The van der Waals surface area contributed by atoms with E-state index < -0.39 is 30.6 Å². The number of nitriles is 1. The summed E-state index contributed by atoms with van der Waals surface area (Å²) in [6.07, 6.45) is -1.69. The van der Waals surface area contributed by atoms with Crippen LogP contribution in [0.25, 0.3) is 11.0 Å². The molecule has 3 heterocycles. The number of hydrogen-bond acceptors (Lipinski definition) is 9. The Labute approximate surface area is 163 Å². The molecule has 1 aliphatic rings. The van der Waals surface area contributed by atoms with Crippen LogP contribution >= 0.6 is 11.6 Å². The van der Waals surface area contributed by atoms with E-state index >= 15 is 0 Å². The second-order valence-corrected chi connectivity index (χ2v) is 6.69. The van der Waals surface area contributed by atoms with Gasteiger partial charge in [-0.25, -0.2) is 14.6 Å². The summed E-state index contributed by atoms with van der Waals surface area (Å²) in [4.78, 5) is 8.07. The lowest BCUT2D eigenvalue weighted by molar-refractivity contribution is -0.0884. The second kappa shape index (κ2) is 7.31. The van der Waals surface area contributed by atoms with E-state index in [9.17, 15) is 15.3 Å². The normalized spacial score (nSPS) is 25.5. The van der Waals surface area contributed by atoms with Crippen molar-refractivity contribution in [1.82, 2.24) is 19.7 Å². The highest BCUT2D eigenvalue weighted by Crippen LogP contribution is 2.37. The summed E-state index contributed by atoms with van der Waals surface area (Å²) in [5.74, 6) is 0.254. The first kappa shape index (κ1) is 18.5. The second-order valence-electron chi connectivity index (χ2n) is 6.25. The predicted molar refractivity (Wildman–Crippen MR) is 96.9 cm³/mol. The zero-order chi connectivity index (χ0) is 19.8. The number of anilines is 1. The largest absolute Gasteiger partial charge is 0.387 e. The molecule has 0 radical (unpaired) electrons. The fourth-order valence-corrected chi connectivity index (χ4v) is 3.33. The van der Waals surface area contributed by atoms with Crippen molar-refractivity contribution in [3.05, 3.63) is 47.4 Å². The van der Waals surface area contributed by atoms with Crippen LogP contribution in [0.5, 0.6) is 0 Å². The van der Waals surface area contributed by atoms with Gasteiger partial charge in [0.15, 0.2) is 23.9 Å². The number of fused-ring (bicyclic) bond motifs is 1. The van der Waals surface area contributed by atoms with Crippen LogP contribution < -0.4 is 5.32 Å². The van der Waals surface area contributed by atoms with Gasteiger partial charge in [-0.3, -0.25) is 5.32 Å². The Kier molecular flexibility index (Phi) is 4.84. The van der Waals surface area contributed by atoms with Crippen molar-refractivity contribution in [2.75, 3.05) is 5.32 Å². The number of hydrogen-bond donors (Lipinski definition) is 4. The quantitative estimate of drug-likeness (QED) is 0.365. The zero-order valence-electron chi connectivity index (χ0n) is 14.2. The van der Waals surface area contributed by atoms with Gasteiger partial charge in [0, 0.05) is 5.02 Å². The number of ether oxygens (including phenoxy) is 1. The number of benzene rings is 1. The minimum atomic E-state index is -1.37. The van der Waals surface area contributed by atoms with E-state index in [0.29, 0.717) is 21.6 Å². The summed E-state index contributed by atoms with van der Waals surface area (Å²) in [7, 11) is 0. The monoisotopic (exact) mass is 402 g/mol. The van der Waals surface area contributed by atoms with E-state index in [1.807, 2.05) is 0 Å². The van der Waals surface area contributed by atoms with Crippen LogP contribution in [0.3, 0.4) is 0 Å². The summed E-state index contributed by atoms with van der Waals surface area (Å²) >= 11 is 5.86. The first-order chi connectivity index (χ1) is 13.5. The fraction of sp³-hybridized carbons (Fsp3) is 0.294. The number of halogens is 1. The molecular formula is C17H15ClN6O4. The standard InChI is InChI=1S/C17H15ClN6O4/c18-9-3-1-8(2-4-9)11(25)14-12(26)13(27)17(28-14)24-16-10(5-23-24)15(20-6-19)21-7-22-16/h1-5,7,11-14,17,25-27H,(H,20,21,22)/t11-,12+,13-,14-,17-/m1/s1. The molecule has 4 rings (SSSR count). The van der Waals surface area contributed by atoms with Crippen LogP contribution in [-0.4, -0.2) is 53.4 Å². The molecule has 0 spiro atoms. The maximum atomic E-state index is 10.6. The van der Waals surface area contributed by atoms with Gasteiger partial charge in [-0.1, -0.05) is 23.7 Å². The van der Waals surface area contributed by atoms with E-state index in [4.69, 9.17) is 21.6 Å². The Hall–Kier alpha value is -2.81. The lowest BCUT2D eigenvalue weighted by Gasteiger charge is -2.21. The average Bonchev–Trinajstić information content (AvgIpc) is 3.25. The minimum Gasteiger partial charge on any atom is -0.387 e. The molecule has 10 nitrogen and oxygen atoms in total. The number of rotatable bonds is 4. The lowest BCUT2D eigenvalue weighted by atomic mass is 9.99. The Morgan fingerprint density at radius 1 is 1.21 bits per heavy atom. The molecule has 0 saturated carbocycles. The third-order valence-corrected chi connectivity index (χ3v) is 4.86. The van der Waals surface area contributed by atoms with Gasteiger partial charge in [-0.05, 0) is 17.7 Å². The first-order valence-corrected chi connectivity index (χ1v) is 8.67. The third-order valence-electron chi connectivity index (χ3n) is 4.60. The molecule has 4 N–H and O–H groups in total. The topological polar surface area (TPSA) is 149 Å². The number of aliphatic hydroxyl groups is 3. The smallest absolute Gasteiger partial charge is 0.182 e. The number of aromatic nitrogens is 4. The van der Waals surface area contributed by atoms with Gasteiger partial charge in [-0.2, -0.15) is 10.4 Å². The van der Waals surface area contributed by atoms with Crippen molar-refractivity contribution >= 4 is 28.5 Å². The maximum Gasteiger partial charge on any atom is 0.182 e. The van der Waals surface area contributed by atoms with Crippen LogP contribution in [-0.2, 0) is 4.74 Å². The lowest BCUT2D eigenvalue weighted by Crippen LogP contribution is -2.35. The Balaban J connectivity index is 1.65. The average molecular weight is 403 g/mol. The van der Waals surface area contributed by atoms with Crippen LogP contribution in [0, 0.1) is 11.5 Å². The van der Waals surface area contributed by atoms with Crippen LogP contribution in [0.15, 0.2) is 36.8 Å². The molecule has 0 aliphatic carbocycles. The molecule has 11 heteroatoms. The summed E-state index contributed by atoms with van der Waals surface area (Å²) in [6.45, 7) is 0. The first-order valence-electron chi connectivity index (χ1n) is 8.29. The molecule has 0 bridgehead atoms. The molecule has 0 unspecified atom stereocenters. The van der Waals surface area contributed by atoms with E-state index in [0.717, 1.165) is 0 Å². The molecule has 2 aromatic heterocycles. The molecule has 1 aliphatic heterocycles. The number of nitrogens with zero attached hydrogens (tertiary/aromatic N) is 5. The van der Waals surface area contributed by atoms with Gasteiger partial charge in [0.25, 0.3) is 0 Å². The van der Waals surface area contributed by atoms with Crippen molar-refractivity contribution in [2.45, 2.75) is 30.6 Å². The molecule has 5 atom stereocenters. The highest BCUT2D eigenvalue weighted by molar-refractivity contribution is 6.30. The zero-order valence-corrected chi connectivity index (χ0v) is 15.0. The van der Waals surface area contributed by atoms with Gasteiger partial charge < -0.3 is 20.1 Å². The highest BCUT2D eigenvalue weighted by Gasteiger charge is 2.48. The van der Waals surface area contributed by atoms with E-state index in [-0.39, 0.29) is 5.82 Å². The molecule has 3 aromatic rings. The Morgan fingerprint density at radius 2 is 1.96 bits per heavy atom. The summed E-state index contributed by atoms with van der Waals surface area (Å²) in [5, 5.41) is 47.9. The Morgan fingerprint density at radius 3 is 2.68 bits per heavy atom. The van der Waals surface area contributed by atoms with Crippen LogP contribution in [0.1, 0.15) is 17.9 Å². The molecule has 28 heavy (non-hydrogen) atoms. The van der Waals surface area contributed by atoms with Crippen LogP contribution in [0.2, 0.25) is 5.02 Å². The molecule has 1 saturated heterocycles. The predicted octanol–water partition coefficient (Wildman–Crippen LogP) is 0.725.